The highest BCUT2D eigenvalue weighted by Crippen LogP contribution is 2.18. The molecule has 0 fully saturated rings. The molecule has 0 radical (unpaired) electrons. The van der Waals surface area contributed by atoms with Crippen LogP contribution in [0.2, 0.25) is 0 Å². The van der Waals surface area contributed by atoms with Crippen LogP contribution in [0.3, 0.4) is 0 Å². The van der Waals surface area contributed by atoms with Gasteiger partial charge in [0.05, 0.1) is 7.11 Å². The molecule has 0 heterocycles. The zero-order valence-electron chi connectivity index (χ0n) is 10.6. The second kappa shape index (κ2) is 6.33. The smallest absolute Gasteiger partial charge is 0.121 e. The molecular formula is C14H21NO. The molecule has 1 aromatic carbocycles. The molecule has 0 saturated heterocycles. The first kappa shape index (κ1) is 12.8. The Kier molecular flexibility index (Phi) is 5.06. The Morgan fingerprint density at radius 1 is 1.38 bits per heavy atom. The first-order valence-electron chi connectivity index (χ1n) is 5.68. The van der Waals surface area contributed by atoms with Gasteiger partial charge in [-0.2, -0.15) is 0 Å². The van der Waals surface area contributed by atoms with E-state index in [0.29, 0.717) is 6.04 Å². The van der Waals surface area contributed by atoms with Crippen molar-refractivity contribution in [1.29, 1.82) is 0 Å². The highest BCUT2D eigenvalue weighted by atomic mass is 16.5. The third-order valence-corrected chi connectivity index (χ3v) is 2.37. The van der Waals surface area contributed by atoms with Gasteiger partial charge in [-0.05, 0) is 30.2 Å². The highest BCUT2D eigenvalue weighted by molar-refractivity contribution is 5.53. The minimum absolute atomic E-state index is 0.530. The quantitative estimate of drug-likeness (QED) is 0.822. The summed E-state index contributed by atoms with van der Waals surface area (Å²) in [4.78, 5) is 0. The van der Waals surface area contributed by atoms with E-state index in [-0.39, 0.29) is 0 Å². The van der Waals surface area contributed by atoms with Crippen LogP contribution in [0.15, 0.2) is 24.3 Å². The fourth-order valence-electron chi connectivity index (χ4n) is 1.50. The zero-order valence-corrected chi connectivity index (χ0v) is 10.6. The maximum Gasteiger partial charge on any atom is 0.121 e. The minimum atomic E-state index is 0.530. The Morgan fingerprint density at radius 2 is 2.12 bits per heavy atom. The van der Waals surface area contributed by atoms with Crippen LogP contribution >= 0.6 is 0 Å². The molecule has 1 aromatic rings. The Hall–Kier alpha value is -1.28. The molecule has 1 rings (SSSR count). The molecule has 88 valence electrons. The van der Waals surface area contributed by atoms with Crippen molar-refractivity contribution in [2.24, 2.45) is 0 Å². The second-order valence-electron chi connectivity index (χ2n) is 4.19. The number of ether oxygens (including phenoxy) is 1. The second-order valence-corrected chi connectivity index (χ2v) is 4.19. The van der Waals surface area contributed by atoms with Gasteiger partial charge in [0.15, 0.2) is 0 Å². The Bertz CT molecular complexity index is 356. The van der Waals surface area contributed by atoms with E-state index in [4.69, 9.17) is 4.74 Å². The summed E-state index contributed by atoms with van der Waals surface area (Å²) in [5.74, 6) is 0.942. The van der Waals surface area contributed by atoms with Crippen LogP contribution in [-0.4, -0.2) is 19.7 Å². The Labute approximate surface area is 98.3 Å². The van der Waals surface area contributed by atoms with Gasteiger partial charge in [0.2, 0.25) is 0 Å². The van der Waals surface area contributed by atoms with E-state index in [1.54, 1.807) is 7.11 Å². The van der Waals surface area contributed by atoms with E-state index >= 15 is 0 Å². The number of aryl methyl sites for hydroxylation is 1. The number of benzene rings is 1. The van der Waals surface area contributed by atoms with Gasteiger partial charge in [-0.1, -0.05) is 32.1 Å². The van der Waals surface area contributed by atoms with Gasteiger partial charge in [-0.25, -0.2) is 0 Å². The summed E-state index contributed by atoms with van der Waals surface area (Å²) in [7, 11) is 1.70. The van der Waals surface area contributed by atoms with Crippen LogP contribution in [0.4, 0.5) is 0 Å². The molecule has 2 nitrogen and oxygen atoms in total. The monoisotopic (exact) mass is 219 g/mol. The van der Waals surface area contributed by atoms with Crippen LogP contribution < -0.4 is 10.1 Å². The molecule has 0 aliphatic heterocycles. The van der Waals surface area contributed by atoms with E-state index in [2.05, 4.69) is 50.4 Å². The molecule has 1 N–H and O–H groups in total. The third-order valence-electron chi connectivity index (χ3n) is 2.37. The predicted octanol–water partition coefficient (Wildman–Crippen LogP) is 3.01. The minimum Gasteiger partial charge on any atom is -0.496 e. The summed E-state index contributed by atoms with van der Waals surface area (Å²) in [6.07, 6.45) is 4.27. The standard InChI is InChI=1S/C14H21NO/c1-11(2)15-9-5-6-13-7-8-14(16-4)12(3)10-13/h5-8,10-11,15H,9H2,1-4H3. The van der Waals surface area contributed by atoms with Gasteiger partial charge in [0.1, 0.15) is 5.75 Å². The maximum atomic E-state index is 5.22. The van der Waals surface area contributed by atoms with Gasteiger partial charge >= 0.3 is 0 Å². The van der Waals surface area contributed by atoms with Crippen molar-refractivity contribution in [1.82, 2.24) is 5.32 Å². The topological polar surface area (TPSA) is 21.3 Å². The fourth-order valence-corrected chi connectivity index (χ4v) is 1.50. The van der Waals surface area contributed by atoms with Gasteiger partial charge in [0, 0.05) is 12.6 Å². The molecule has 2 heteroatoms. The molecule has 0 atom stereocenters. The average molecular weight is 219 g/mol. The Morgan fingerprint density at radius 3 is 2.69 bits per heavy atom. The summed E-state index contributed by atoms with van der Waals surface area (Å²) < 4.78 is 5.22. The lowest BCUT2D eigenvalue weighted by molar-refractivity contribution is 0.411. The van der Waals surface area contributed by atoms with Crippen molar-refractivity contribution >= 4 is 6.08 Å². The molecule has 0 spiro atoms. The number of nitrogens with one attached hydrogen (secondary N) is 1. The van der Waals surface area contributed by atoms with Crippen LogP contribution in [0.5, 0.6) is 5.75 Å². The van der Waals surface area contributed by atoms with Crippen molar-refractivity contribution in [2.75, 3.05) is 13.7 Å². The van der Waals surface area contributed by atoms with E-state index in [0.717, 1.165) is 12.3 Å². The SMILES string of the molecule is COc1ccc(C=CCNC(C)C)cc1C. The van der Waals surface area contributed by atoms with Crippen molar-refractivity contribution in [3.8, 4) is 5.75 Å². The molecule has 16 heavy (non-hydrogen) atoms. The summed E-state index contributed by atoms with van der Waals surface area (Å²) in [5, 5.41) is 3.34. The summed E-state index contributed by atoms with van der Waals surface area (Å²) in [5.41, 5.74) is 2.38. The van der Waals surface area contributed by atoms with E-state index < -0.39 is 0 Å². The van der Waals surface area contributed by atoms with Gasteiger partial charge in [-0.3, -0.25) is 0 Å². The number of hydrogen-bond acceptors (Lipinski definition) is 2. The molecule has 0 aliphatic rings. The van der Waals surface area contributed by atoms with E-state index in [9.17, 15) is 0 Å². The fraction of sp³-hybridized carbons (Fsp3) is 0.429. The Balaban J connectivity index is 2.57. The molecule has 0 aliphatic carbocycles. The normalized spacial score (nSPS) is 11.3. The summed E-state index contributed by atoms with van der Waals surface area (Å²) in [6.45, 7) is 7.25. The summed E-state index contributed by atoms with van der Waals surface area (Å²) in [6, 6.07) is 6.73. The van der Waals surface area contributed by atoms with Crippen molar-refractivity contribution < 1.29 is 4.74 Å². The van der Waals surface area contributed by atoms with Crippen molar-refractivity contribution in [3.63, 3.8) is 0 Å². The van der Waals surface area contributed by atoms with Crippen LogP contribution in [0.25, 0.3) is 6.08 Å². The molecule has 0 bridgehead atoms. The lowest BCUT2D eigenvalue weighted by Crippen LogP contribution is -2.22. The first-order valence-corrected chi connectivity index (χ1v) is 5.68. The highest BCUT2D eigenvalue weighted by Gasteiger charge is 1.97. The molecular weight excluding hydrogens is 198 g/mol. The van der Waals surface area contributed by atoms with Gasteiger partial charge in [-0.15, -0.1) is 0 Å². The van der Waals surface area contributed by atoms with Crippen molar-refractivity contribution in [3.05, 3.63) is 35.4 Å². The summed E-state index contributed by atoms with van der Waals surface area (Å²) >= 11 is 0. The average Bonchev–Trinajstić information content (AvgIpc) is 2.24. The molecule has 0 unspecified atom stereocenters. The van der Waals surface area contributed by atoms with Crippen LogP contribution in [-0.2, 0) is 0 Å². The lowest BCUT2D eigenvalue weighted by Gasteiger charge is -2.05. The maximum absolute atomic E-state index is 5.22. The number of rotatable bonds is 5. The van der Waals surface area contributed by atoms with Crippen molar-refractivity contribution in [2.45, 2.75) is 26.8 Å². The number of methoxy groups -OCH3 is 1. The predicted molar refractivity (Wildman–Crippen MR) is 69.9 cm³/mol. The van der Waals surface area contributed by atoms with Crippen LogP contribution in [0.1, 0.15) is 25.0 Å². The molecule has 0 aromatic heterocycles. The van der Waals surface area contributed by atoms with E-state index in [1.807, 2.05) is 6.07 Å². The molecule has 0 amide bonds. The third kappa shape index (κ3) is 4.07. The number of hydrogen-bond donors (Lipinski definition) is 1. The first-order chi connectivity index (χ1) is 7.63. The van der Waals surface area contributed by atoms with Gasteiger partial charge < -0.3 is 10.1 Å². The largest absolute Gasteiger partial charge is 0.496 e. The van der Waals surface area contributed by atoms with Gasteiger partial charge in [0.25, 0.3) is 0 Å². The molecule has 0 saturated carbocycles. The van der Waals surface area contributed by atoms with Crippen LogP contribution in [0, 0.1) is 6.92 Å². The zero-order chi connectivity index (χ0) is 12.0. The van der Waals surface area contributed by atoms with E-state index in [1.165, 1.54) is 11.1 Å². The lowest BCUT2D eigenvalue weighted by atomic mass is 10.1.